The third kappa shape index (κ3) is 3.24. The monoisotopic (exact) mass is 376 g/mol. The summed E-state index contributed by atoms with van der Waals surface area (Å²) in [6, 6.07) is 2.08. The molecule has 1 atom stereocenters. The van der Waals surface area contributed by atoms with Gasteiger partial charge in [-0.1, -0.05) is 0 Å². The second-order valence-electron chi connectivity index (χ2n) is 7.77. The van der Waals surface area contributed by atoms with E-state index in [9.17, 15) is 14.4 Å². The van der Waals surface area contributed by atoms with Crippen LogP contribution in [0.25, 0.3) is 0 Å². The molecule has 1 saturated heterocycles. The summed E-state index contributed by atoms with van der Waals surface area (Å²) in [5.74, 6) is -0.848. The van der Waals surface area contributed by atoms with E-state index in [-0.39, 0.29) is 36.0 Å². The molecule has 6 nitrogen and oxygen atoms in total. The van der Waals surface area contributed by atoms with Crippen molar-refractivity contribution in [2.24, 2.45) is 11.3 Å². The lowest BCUT2D eigenvalue weighted by Gasteiger charge is -2.33. The number of aliphatic carboxylic acids is 1. The first-order chi connectivity index (χ1) is 12.5. The van der Waals surface area contributed by atoms with Gasteiger partial charge in [-0.2, -0.15) is 0 Å². The van der Waals surface area contributed by atoms with Crippen molar-refractivity contribution in [1.82, 2.24) is 9.80 Å². The first kappa shape index (κ1) is 17.5. The molecule has 1 aromatic heterocycles. The Morgan fingerprint density at radius 2 is 1.81 bits per heavy atom. The van der Waals surface area contributed by atoms with Gasteiger partial charge in [0.25, 0.3) is 0 Å². The zero-order chi connectivity index (χ0) is 18.3. The Kier molecular flexibility index (Phi) is 4.50. The molecule has 2 aliphatic heterocycles. The second-order valence-corrected chi connectivity index (χ2v) is 8.77. The Morgan fingerprint density at radius 1 is 1.12 bits per heavy atom. The van der Waals surface area contributed by atoms with Gasteiger partial charge in [0.1, 0.15) is 0 Å². The highest BCUT2D eigenvalue weighted by molar-refractivity contribution is 7.10. The quantitative estimate of drug-likeness (QED) is 0.873. The number of carboxylic acids is 1. The normalized spacial score (nSPS) is 23.6. The number of nitrogens with zero attached hydrogens (tertiary/aromatic N) is 2. The molecule has 2 fully saturated rings. The number of piperidine rings is 1. The largest absolute Gasteiger partial charge is 0.481 e. The molecule has 1 saturated carbocycles. The van der Waals surface area contributed by atoms with Gasteiger partial charge in [-0.05, 0) is 48.1 Å². The first-order valence-corrected chi connectivity index (χ1v) is 10.2. The number of fused-ring (bicyclic) bond motifs is 1. The molecule has 2 amide bonds. The van der Waals surface area contributed by atoms with Crippen molar-refractivity contribution in [3.63, 3.8) is 0 Å². The number of hydrogen-bond acceptors (Lipinski definition) is 4. The van der Waals surface area contributed by atoms with E-state index in [2.05, 4.69) is 11.4 Å². The van der Waals surface area contributed by atoms with Crippen LogP contribution in [0.1, 0.15) is 42.5 Å². The molecule has 1 unspecified atom stereocenters. The predicted octanol–water partition coefficient (Wildman–Crippen LogP) is 2.13. The van der Waals surface area contributed by atoms with E-state index >= 15 is 0 Å². The third-order valence-electron chi connectivity index (χ3n) is 6.31. The minimum atomic E-state index is -0.703. The maximum atomic E-state index is 12.4. The summed E-state index contributed by atoms with van der Waals surface area (Å²) < 4.78 is 0. The summed E-state index contributed by atoms with van der Waals surface area (Å²) in [5, 5.41) is 11.2. The van der Waals surface area contributed by atoms with Crippen LogP contribution in [0.2, 0.25) is 0 Å². The fraction of sp³-hybridized carbons (Fsp3) is 0.632. The summed E-state index contributed by atoms with van der Waals surface area (Å²) >= 11 is 1.75. The van der Waals surface area contributed by atoms with Crippen LogP contribution in [-0.2, 0) is 27.3 Å². The predicted molar refractivity (Wildman–Crippen MR) is 96.7 cm³/mol. The Balaban J connectivity index is 1.22. The molecule has 0 radical (unpaired) electrons. The van der Waals surface area contributed by atoms with E-state index in [4.69, 9.17) is 5.11 Å². The Bertz CT molecular complexity index is 736. The van der Waals surface area contributed by atoms with Crippen molar-refractivity contribution in [3.8, 4) is 0 Å². The standard InChI is InChI=1S/C19H24N2O4S/c22-16(20-8-5-19(6-9-20)11-14(19)18(24)25)1-2-17(23)21-7-3-15-13(12-21)4-10-26-15/h4,10,14H,1-3,5-9,11-12H2,(H,24,25). The number of carboxylic acid groups (broad SMARTS) is 1. The number of carbonyl (C=O) groups excluding carboxylic acids is 2. The van der Waals surface area contributed by atoms with Crippen molar-refractivity contribution in [1.29, 1.82) is 0 Å². The van der Waals surface area contributed by atoms with Crippen LogP contribution in [0.15, 0.2) is 11.4 Å². The van der Waals surface area contributed by atoms with Crippen LogP contribution in [0.4, 0.5) is 0 Å². The van der Waals surface area contributed by atoms with Crippen LogP contribution < -0.4 is 0 Å². The number of hydrogen-bond donors (Lipinski definition) is 1. The van der Waals surface area contributed by atoms with Crippen LogP contribution in [-0.4, -0.2) is 52.3 Å². The molecule has 140 valence electrons. The summed E-state index contributed by atoms with van der Waals surface area (Å²) in [6.45, 7) is 2.65. The van der Waals surface area contributed by atoms with Gasteiger partial charge >= 0.3 is 5.97 Å². The number of rotatable bonds is 4. The van der Waals surface area contributed by atoms with Crippen molar-refractivity contribution in [2.45, 2.75) is 45.1 Å². The van der Waals surface area contributed by atoms with Crippen LogP contribution in [0.5, 0.6) is 0 Å². The van der Waals surface area contributed by atoms with Crippen LogP contribution >= 0.6 is 11.3 Å². The van der Waals surface area contributed by atoms with E-state index < -0.39 is 5.97 Å². The number of likely N-dealkylation sites (tertiary alicyclic amines) is 1. The second kappa shape index (κ2) is 6.68. The average Bonchev–Trinajstić information content (AvgIpc) is 3.14. The highest BCUT2D eigenvalue weighted by Crippen LogP contribution is 2.59. The maximum Gasteiger partial charge on any atom is 0.307 e. The first-order valence-electron chi connectivity index (χ1n) is 9.32. The van der Waals surface area contributed by atoms with Gasteiger partial charge in [-0.25, -0.2) is 0 Å². The molecule has 26 heavy (non-hydrogen) atoms. The lowest BCUT2D eigenvalue weighted by molar-refractivity contribution is -0.140. The number of thiophene rings is 1. The fourth-order valence-corrected chi connectivity index (χ4v) is 5.33. The molecular formula is C19H24N2O4S. The third-order valence-corrected chi connectivity index (χ3v) is 7.34. The van der Waals surface area contributed by atoms with Crippen LogP contribution in [0, 0.1) is 11.3 Å². The minimum Gasteiger partial charge on any atom is -0.481 e. The van der Waals surface area contributed by atoms with Crippen LogP contribution in [0.3, 0.4) is 0 Å². The highest BCUT2D eigenvalue weighted by atomic mass is 32.1. The molecule has 7 heteroatoms. The molecule has 0 bridgehead atoms. The van der Waals surface area contributed by atoms with E-state index in [0.717, 1.165) is 32.2 Å². The van der Waals surface area contributed by atoms with Crippen molar-refractivity contribution in [3.05, 3.63) is 21.9 Å². The van der Waals surface area contributed by atoms with Gasteiger partial charge in [0.05, 0.1) is 5.92 Å². The van der Waals surface area contributed by atoms with E-state index in [1.807, 2.05) is 9.80 Å². The van der Waals surface area contributed by atoms with E-state index in [1.54, 1.807) is 11.3 Å². The summed E-state index contributed by atoms with van der Waals surface area (Å²) in [7, 11) is 0. The van der Waals surface area contributed by atoms with Gasteiger partial charge in [0.2, 0.25) is 11.8 Å². The molecule has 1 spiro atoms. The van der Waals surface area contributed by atoms with Gasteiger partial charge in [-0.15, -0.1) is 11.3 Å². The molecule has 3 heterocycles. The lowest BCUT2D eigenvalue weighted by Crippen LogP contribution is -2.41. The lowest BCUT2D eigenvalue weighted by atomic mass is 9.90. The Morgan fingerprint density at radius 3 is 2.46 bits per heavy atom. The van der Waals surface area contributed by atoms with Crippen molar-refractivity contribution >= 4 is 29.1 Å². The Labute approximate surface area is 156 Å². The van der Waals surface area contributed by atoms with E-state index in [1.165, 1.54) is 10.4 Å². The molecule has 3 aliphatic rings. The summed E-state index contributed by atoms with van der Waals surface area (Å²) in [4.78, 5) is 41.0. The smallest absolute Gasteiger partial charge is 0.307 e. The molecule has 1 aliphatic carbocycles. The SMILES string of the molecule is O=C(O)C1CC12CCN(C(=O)CCC(=O)N1CCc3sccc3C1)CC2. The van der Waals surface area contributed by atoms with Crippen molar-refractivity contribution < 1.29 is 19.5 Å². The van der Waals surface area contributed by atoms with Crippen molar-refractivity contribution in [2.75, 3.05) is 19.6 Å². The average molecular weight is 376 g/mol. The Hall–Kier alpha value is -1.89. The number of amides is 2. The molecule has 4 rings (SSSR count). The molecule has 1 N–H and O–H groups in total. The van der Waals surface area contributed by atoms with Gasteiger partial charge in [0.15, 0.2) is 0 Å². The van der Waals surface area contributed by atoms with E-state index in [0.29, 0.717) is 19.6 Å². The van der Waals surface area contributed by atoms with Gasteiger partial charge < -0.3 is 14.9 Å². The van der Waals surface area contributed by atoms with Gasteiger partial charge in [0, 0.05) is 43.9 Å². The molecule has 1 aromatic rings. The minimum absolute atomic E-state index is 0.0222. The zero-order valence-corrected chi connectivity index (χ0v) is 15.6. The topological polar surface area (TPSA) is 77.9 Å². The maximum absolute atomic E-state index is 12.4. The molecular weight excluding hydrogens is 352 g/mol. The highest BCUT2D eigenvalue weighted by Gasteiger charge is 2.59. The fourth-order valence-electron chi connectivity index (χ4n) is 4.44. The summed E-state index contributed by atoms with van der Waals surface area (Å²) in [6.07, 6.45) is 3.72. The van der Waals surface area contributed by atoms with Gasteiger partial charge in [-0.3, -0.25) is 14.4 Å². The molecule has 0 aromatic carbocycles. The summed E-state index contributed by atoms with van der Waals surface area (Å²) in [5.41, 5.74) is 1.17. The zero-order valence-electron chi connectivity index (χ0n) is 14.8. The number of carbonyl (C=O) groups is 3.